The fraction of sp³-hybridized carbons (Fsp3) is 0.421. The third-order valence-electron chi connectivity index (χ3n) is 4.33. The molecule has 29 heavy (non-hydrogen) atoms. The predicted octanol–water partition coefficient (Wildman–Crippen LogP) is 2.60. The maximum Gasteiger partial charge on any atom is 0.411 e. The molecule has 1 aromatic carbocycles. The van der Waals surface area contributed by atoms with Crippen LogP contribution in [0.4, 0.5) is 10.5 Å². The summed E-state index contributed by atoms with van der Waals surface area (Å²) in [7, 11) is 0. The first-order valence-electron chi connectivity index (χ1n) is 8.96. The number of fused-ring (bicyclic) bond motifs is 1. The van der Waals surface area contributed by atoms with Crippen LogP contribution < -0.4 is 11.1 Å². The molecule has 1 saturated heterocycles. The van der Waals surface area contributed by atoms with E-state index in [0.29, 0.717) is 15.4 Å². The lowest BCUT2D eigenvalue weighted by atomic mass is 10.1. The summed E-state index contributed by atoms with van der Waals surface area (Å²) in [6.45, 7) is 5.09. The van der Waals surface area contributed by atoms with E-state index in [1.54, 1.807) is 39.0 Å². The molecule has 0 unspecified atom stereocenters. The van der Waals surface area contributed by atoms with Crippen molar-refractivity contribution in [3.8, 4) is 0 Å². The van der Waals surface area contributed by atoms with Gasteiger partial charge in [0.2, 0.25) is 11.7 Å². The van der Waals surface area contributed by atoms with E-state index in [9.17, 15) is 19.5 Å². The minimum atomic E-state index is -0.974. The van der Waals surface area contributed by atoms with Gasteiger partial charge < -0.3 is 25.3 Å². The zero-order valence-corrected chi connectivity index (χ0v) is 17.8. The van der Waals surface area contributed by atoms with Gasteiger partial charge in [-0.05, 0) is 39.0 Å². The molecule has 156 valence electrons. The van der Waals surface area contributed by atoms with Crippen LogP contribution in [0.25, 0.3) is 11.0 Å². The number of nitrogens with zero attached hydrogens (tertiary/aromatic N) is 1. The van der Waals surface area contributed by atoms with Gasteiger partial charge >= 0.3 is 6.09 Å². The molecule has 0 spiro atoms. The third kappa shape index (κ3) is 4.54. The first kappa shape index (κ1) is 21.1. The molecule has 4 N–H and O–H groups in total. The van der Waals surface area contributed by atoms with E-state index in [1.807, 2.05) is 0 Å². The molecule has 0 aliphatic carbocycles. The molecule has 0 bridgehead atoms. The SMILES string of the molecule is CC(C)(C)OC(=O)N1C[C@@H](O)C[C@@H]1C(=O)Nc1c(C(N)=O)oc2ccc(Br)cc12. The van der Waals surface area contributed by atoms with E-state index in [4.69, 9.17) is 14.9 Å². The number of nitrogens with one attached hydrogen (secondary N) is 1. The van der Waals surface area contributed by atoms with Crippen molar-refractivity contribution in [1.82, 2.24) is 4.90 Å². The fourth-order valence-electron chi connectivity index (χ4n) is 3.16. The summed E-state index contributed by atoms with van der Waals surface area (Å²) in [5.74, 6) is -1.63. The van der Waals surface area contributed by atoms with Gasteiger partial charge in [0.25, 0.3) is 5.91 Å². The number of hydrogen-bond donors (Lipinski definition) is 3. The molecule has 10 heteroatoms. The van der Waals surface area contributed by atoms with E-state index >= 15 is 0 Å². The average molecular weight is 468 g/mol. The number of amides is 3. The fourth-order valence-corrected chi connectivity index (χ4v) is 3.52. The number of hydrogen-bond acceptors (Lipinski definition) is 6. The largest absolute Gasteiger partial charge is 0.449 e. The van der Waals surface area contributed by atoms with E-state index < -0.39 is 35.7 Å². The van der Waals surface area contributed by atoms with Crippen molar-refractivity contribution in [3.63, 3.8) is 0 Å². The first-order chi connectivity index (χ1) is 13.5. The second-order valence-corrected chi connectivity index (χ2v) is 8.75. The highest BCUT2D eigenvalue weighted by Crippen LogP contribution is 2.33. The standard InChI is InChI=1S/C19H22BrN3O6/c1-19(2,3)29-18(27)23-8-10(24)7-12(23)17(26)22-14-11-6-9(20)4-5-13(11)28-15(14)16(21)25/h4-6,10,12,24H,7-8H2,1-3H3,(H2,21,25)(H,22,26)/t10-,12+/m0/s1. The highest BCUT2D eigenvalue weighted by atomic mass is 79.9. The van der Waals surface area contributed by atoms with Crippen molar-refractivity contribution in [2.75, 3.05) is 11.9 Å². The Morgan fingerprint density at radius 2 is 2.03 bits per heavy atom. The summed E-state index contributed by atoms with van der Waals surface area (Å²) in [6.07, 6.45) is -1.54. The van der Waals surface area contributed by atoms with Crippen LogP contribution in [0.15, 0.2) is 27.1 Å². The molecule has 3 amide bonds. The summed E-state index contributed by atoms with van der Waals surface area (Å²) >= 11 is 3.34. The quantitative estimate of drug-likeness (QED) is 0.634. The molecule has 9 nitrogen and oxygen atoms in total. The highest BCUT2D eigenvalue weighted by molar-refractivity contribution is 9.10. The normalized spacial score (nSPS) is 19.4. The number of ether oxygens (including phenoxy) is 1. The number of nitrogens with two attached hydrogens (primary N) is 1. The van der Waals surface area contributed by atoms with Crippen molar-refractivity contribution in [2.24, 2.45) is 5.73 Å². The van der Waals surface area contributed by atoms with Gasteiger partial charge in [0, 0.05) is 16.3 Å². The molecule has 1 aliphatic heterocycles. The molecule has 1 fully saturated rings. The Bertz CT molecular complexity index is 980. The first-order valence-corrected chi connectivity index (χ1v) is 9.76. The smallest absolute Gasteiger partial charge is 0.411 e. The monoisotopic (exact) mass is 467 g/mol. The van der Waals surface area contributed by atoms with Gasteiger partial charge in [-0.1, -0.05) is 15.9 Å². The Labute approximate surface area is 175 Å². The van der Waals surface area contributed by atoms with Gasteiger partial charge in [0.15, 0.2) is 0 Å². The topological polar surface area (TPSA) is 135 Å². The van der Waals surface area contributed by atoms with Crippen LogP contribution in [0, 0.1) is 0 Å². The Morgan fingerprint density at radius 3 is 2.66 bits per heavy atom. The van der Waals surface area contributed by atoms with Crippen LogP contribution >= 0.6 is 15.9 Å². The maximum atomic E-state index is 13.0. The average Bonchev–Trinajstić information content (AvgIpc) is 3.14. The number of β-amino-alcohol motifs (C(OH)–C–C–N with tert-alkyl or cyclic N) is 1. The minimum Gasteiger partial charge on any atom is -0.449 e. The zero-order chi connectivity index (χ0) is 21.5. The van der Waals surface area contributed by atoms with E-state index in [0.717, 1.165) is 0 Å². The minimum absolute atomic E-state index is 0.0344. The van der Waals surface area contributed by atoms with Gasteiger partial charge in [-0.3, -0.25) is 14.5 Å². The molecule has 2 aromatic rings. The van der Waals surface area contributed by atoms with Crippen LogP contribution in [0.1, 0.15) is 37.7 Å². The molecule has 3 rings (SSSR count). The number of aliphatic hydroxyl groups is 1. The van der Waals surface area contributed by atoms with E-state index in [2.05, 4.69) is 21.2 Å². The van der Waals surface area contributed by atoms with Crippen LogP contribution in [-0.2, 0) is 9.53 Å². The van der Waals surface area contributed by atoms with Crippen molar-refractivity contribution in [3.05, 3.63) is 28.4 Å². The molecule has 0 saturated carbocycles. The number of rotatable bonds is 3. The lowest BCUT2D eigenvalue weighted by Crippen LogP contribution is -2.45. The highest BCUT2D eigenvalue weighted by Gasteiger charge is 2.41. The molecule has 2 heterocycles. The number of primary amides is 1. The van der Waals surface area contributed by atoms with Gasteiger partial charge in [-0.15, -0.1) is 0 Å². The number of aliphatic hydroxyl groups excluding tert-OH is 1. The number of carbonyl (C=O) groups is 3. The number of likely N-dealkylation sites (tertiary alicyclic amines) is 1. The second kappa shape index (κ2) is 7.68. The molecule has 0 radical (unpaired) electrons. The second-order valence-electron chi connectivity index (χ2n) is 7.84. The summed E-state index contributed by atoms with van der Waals surface area (Å²) in [5, 5.41) is 13.1. The molecule has 1 aliphatic rings. The lowest BCUT2D eigenvalue weighted by Gasteiger charge is -2.27. The molecular formula is C19H22BrN3O6. The van der Waals surface area contributed by atoms with E-state index in [1.165, 1.54) is 4.90 Å². The molecule has 2 atom stereocenters. The predicted molar refractivity (Wildman–Crippen MR) is 108 cm³/mol. The van der Waals surface area contributed by atoms with Crippen molar-refractivity contribution >= 4 is 50.5 Å². The summed E-state index contributed by atoms with van der Waals surface area (Å²) in [6, 6.07) is 4.06. The third-order valence-corrected chi connectivity index (χ3v) is 4.82. The van der Waals surface area contributed by atoms with Gasteiger partial charge in [0.05, 0.1) is 12.6 Å². The van der Waals surface area contributed by atoms with Gasteiger partial charge in [0.1, 0.15) is 22.9 Å². The Morgan fingerprint density at radius 1 is 1.34 bits per heavy atom. The van der Waals surface area contributed by atoms with E-state index in [-0.39, 0.29) is 24.4 Å². The van der Waals surface area contributed by atoms with Crippen LogP contribution in [-0.4, -0.2) is 52.2 Å². The Hall–Kier alpha value is -2.59. The number of carbonyl (C=O) groups excluding carboxylic acids is 3. The van der Waals surface area contributed by atoms with Crippen molar-refractivity contribution in [2.45, 2.75) is 44.9 Å². The Kier molecular flexibility index (Phi) is 5.59. The van der Waals surface area contributed by atoms with Gasteiger partial charge in [-0.25, -0.2) is 4.79 Å². The molecular weight excluding hydrogens is 446 g/mol. The lowest BCUT2D eigenvalue weighted by molar-refractivity contribution is -0.120. The zero-order valence-electron chi connectivity index (χ0n) is 16.2. The van der Waals surface area contributed by atoms with Gasteiger partial charge in [-0.2, -0.15) is 0 Å². The summed E-state index contributed by atoms with van der Waals surface area (Å²) < 4.78 is 11.5. The van der Waals surface area contributed by atoms with Crippen LogP contribution in [0.3, 0.4) is 0 Å². The number of benzene rings is 1. The van der Waals surface area contributed by atoms with Crippen LogP contribution in [0.2, 0.25) is 0 Å². The molecule has 1 aromatic heterocycles. The Balaban J connectivity index is 1.91. The summed E-state index contributed by atoms with van der Waals surface area (Å²) in [4.78, 5) is 38.4. The number of furan rings is 1. The van der Waals surface area contributed by atoms with Crippen LogP contribution in [0.5, 0.6) is 0 Å². The maximum absolute atomic E-state index is 13.0. The summed E-state index contributed by atoms with van der Waals surface area (Å²) in [5.41, 5.74) is 5.12. The van der Waals surface area contributed by atoms with Crippen molar-refractivity contribution in [1.29, 1.82) is 0 Å². The number of anilines is 1. The number of halogens is 1. The van der Waals surface area contributed by atoms with Crippen molar-refractivity contribution < 1.29 is 28.6 Å².